The van der Waals surface area contributed by atoms with Crippen LogP contribution in [0.4, 0.5) is 0 Å². The van der Waals surface area contributed by atoms with E-state index in [9.17, 15) is 14.4 Å². The molecule has 0 atom stereocenters. The van der Waals surface area contributed by atoms with Crippen LogP contribution in [0.2, 0.25) is 0 Å². The van der Waals surface area contributed by atoms with E-state index in [-0.39, 0.29) is 12.2 Å². The van der Waals surface area contributed by atoms with Crippen LogP contribution in [0.3, 0.4) is 0 Å². The molecule has 0 N–H and O–H groups in total. The predicted molar refractivity (Wildman–Crippen MR) is 59.1 cm³/mol. The maximum atomic E-state index is 11.7. The number of rotatable bonds is 5. The molecule has 1 aliphatic rings. The second-order valence-corrected chi connectivity index (χ2v) is 4.57. The summed E-state index contributed by atoms with van der Waals surface area (Å²) in [4.78, 5) is 34.7. The normalized spacial score (nSPS) is 17.2. The average molecular weight is 242 g/mol. The minimum atomic E-state index is -0.977. The summed E-state index contributed by atoms with van der Waals surface area (Å²) in [5, 5.41) is 0. The number of carbonyl (C=O) groups is 3. The zero-order valence-electron chi connectivity index (χ0n) is 10.4. The van der Waals surface area contributed by atoms with Gasteiger partial charge in [-0.05, 0) is 19.8 Å². The van der Waals surface area contributed by atoms with Crippen molar-refractivity contribution in [2.75, 3.05) is 14.2 Å². The lowest BCUT2D eigenvalue weighted by atomic mass is 9.58. The summed E-state index contributed by atoms with van der Waals surface area (Å²) < 4.78 is 9.30. The number of hydrogen-bond acceptors (Lipinski definition) is 5. The third-order valence-electron chi connectivity index (χ3n) is 3.44. The molecule has 0 bridgehead atoms. The molecule has 0 heterocycles. The first kappa shape index (κ1) is 13.7. The summed E-state index contributed by atoms with van der Waals surface area (Å²) in [5.41, 5.74) is -0.591. The van der Waals surface area contributed by atoms with Gasteiger partial charge in [-0.25, -0.2) is 0 Å². The number of Topliss-reactive ketones (excluding diaryl/α,β-unsaturated/α-hetero) is 1. The summed E-state index contributed by atoms with van der Waals surface area (Å²) in [6.45, 7) is 1.46. The maximum absolute atomic E-state index is 11.7. The molecule has 0 amide bonds. The van der Waals surface area contributed by atoms with Crippen molar-refractivity contribution >= 4 is 17.7 Å². The monoisotopic (exact) mass is 242 g/mol. The third-order valence-corrected chi connectivity index (χ3v) is 3.44. The Hall–Kier alpha value is -1.39. The van der Waals surface area contributed by atoms with Gasteiger partial charge >= 0.3 is 11.9 Å². The van der Waals surface area contributed by atoms with Gasteiger partial charge in [-0.3, -0.25) is 9.59 Å². The maximum Gasteiger partial charge on any atom is 0.320 e. The number of methoxy groups -OCH3 is 2. The van der Waals surface area contributed by atoms with Crippen LogP contribution in [0.15, 0.2) is 0 Å². The smallest absolute Gasteiger partial charge is 0.320 e. The highest BCUT2D eigenvalue weighted by Crippen LogP contribution is 2.50. The number of hydrogen-bond donors (Lipinski definition) is 0. The Morgan fingerprint density at radius 2 is 1.59 bits per heavy atom. The van der Waals surface area contributed by atoms with E-state index in [0.29, 0.717) is 12.8 Å². The molecular formula is C12H18O5. The number of ketones is 1. The molecule has 0 saturated heterocycles. The highest BCUT2D eigenvalue weighted by Gasteiger charge is 2.53. The topological polar surface area (TPSA) is 69.7 Å². The molecular weight excluding hydrogens is 224 g/mol. The molecule has 1 aliphatic carbocycles. The van der Waals surface area contributed by atoms with Crippen LogP contribution >= 0.6 is 0 Å². The Balaban J connectivity index is 2.97. The van der Waals surface area contributed by atoms with Gasteiger partial charge in [0.2, 0.25) is 0 Å². The quantitative estimate of drug-likeness (QED) is 0.533. The number of esters is 2. The second-order valence-electron chi connectivity index (χ2n) is 4.57. The third kappa shape index (κ3) is 2.65. The first-order chi connectivity index (χ1) is 7.96. The van der Waals surface area contributed by atoms with Gasteiger partial charge in [-0.1, -0.05) is 6.42 Å². The fourth-order valence-corrected chi connectivity index (χ4v) is 2.53. The van der Waals surface area contributed by atoms with Crippen LogP contribution in [0, 0.1) is 11.3 Å². The van der Waals surface area contributed by atoms with Crippen LogP contribution < -0.4 is 0 Å². The van der Waals surface area contributed by atoms with Crippen LogP contribution in [0.1, 0.15) is 32.6 Å². The van der Waals surface area contributed by atoms with Crippen molar-refractivity contribution < 1.29 is 23.9 Å². The highest BCUT2D eigenvalue weighted by atomic mass is 16.5. The van der Waals surface area contributed by atoms with Gasteiger partial charge in [0.15, 0.2) is 5.92 Å². The van der Waals surface area contributed by atoms with E-state index < -0.39 is 23.3 Å². The molecule has 0 aromatic rings. The first-order valence-electron chi connectivity index (χ1n) is 5.62. The Bertz CT molecular complexity index is 314. The largest absolute Gasteiger partial charge is 0.468 e. The molecule has 1 saturated carbocycles. The molecule has 0 spiro atoms. The minimum absolute atomic E-state index is 0.0255. The van der Waals surface area contributed by atoms with Gasteiger partial charge in [0.25, 0.3) is 0 Å². The zero-order chi connectivity index (χ0) is 13.1. The van der Waals surface area contributed by atoms with E-state index >= 15 is 0 Å². The second kappa shape index (κ2) is 5.29. The SMILES string of the molecule is COC(=O)C(C(=O)OC)C1(CC(C)=O)CCC1. The van der Waals surface area contributed by atoms with E-state index in [1.807, 2.05) is 0 Å². The van der Waals surface area contributed by atoms with Gasteiger partial charge in [0.05, 0.1) is 14.2 Å². The summed E-state index contributed by atoms with van der Waals surface area (Å²) >= 11 is 0. The van der Waals surface area contributed by atoms with E-state index in [1.54, 1.807) is 0 Å². The molecule has 0 aromatic carbocycles. The molecule has 0 aliphatic heterocycles. The highest BCUT2D eigenvalue weighted by molar-refractivity contribution is 5.96. The summed E-state index contributed by atoms with van der Waals surface area (Å²) in [6, 6.07) is 0. The molecule has 0 radical (unpaired) electrons. The van der Waals surface area contributed by atoms with Crippen molar-refractivity contribution in [3.05, 3.63) is 0 Å². The van der Waals surface area contributed by atoms with Gasteiger partial charge in [0, 0.05) is 11.8 Å². The average Bonchev–Trinajstić information content (AvgIpc) is 2.24. The van der Waals surface area contributed by atoms with Crippen molar-refractivity contribution in [2.24, 2.45) is 11.3 Å². The lowest BCUT2D eigenvalue weighted by Gasteiger charge is -2.44. The van der Waals surface area contributed by atoms with Crippen LogP contribution in [-0.4, -0.2) is 31.9 Å². The lowest BCUT2D eigenvalue weighted by Crippen LogP contribution is -2.47. The summed E-state index contributed by atoms with van der Waals surface area (Å²) in [5.74, 6) is -2.23. The summed E-state index contributed by atoms with van der Waals surface area (Å²) in [6.07, 6.45) is 2.50. The van der Waals surface area contributed by atoms with Crippen molar-refractivity contribution in [2.45, 2.75) is 32.6 Å². The zero-order valence-corrected chi connectivity index (χ0v) is 10.4. The standard InChI is InChI=1S/C12H18O5/c1-8(13)7-12(5-4-6-12)9(10(14)16-2)11(15)17-3/h9H,4-7H2,1-3H3. The fraction of sp³-hybridized carbons (Fsp3) is 0.750. The molecule has 96 valence electrons. The van der Waals surface area contributed by atoms with Crippen molar-refractivity contribution in [3.63, 3.8) is 0 Å². The van der Waals surface area contributed by atoms with Gasteiger partial charge < -0.3 is 14.3 Å². The Morgan fingerprint density at radius 3 is 1.82 bits per heavy atom. The van der Waals surface area contributed by atoms with E-state index in [2.05, 4.69) is 9.47 Å². The van der Waals surface area contributed by atoms with Gasteiger partial charge in [-0.15, -0.1) is 0 Å². The van der Waals surface area contributed by atoms with Crippen molar-refractivity contribution in [3.8, 4) is 0 Å². The van der Waals surface area contributed by atoms with E-state index in [4.69, 9.17) is 0 Å². The molecule has 1 rings (SSSR count). The van der Waals surface area contributed by atoms with Crippen LogP contribution in [0.25, 0.3) is 0 Å². The van der Waals surface area contributed by atoms with Gasteiger partial charge in [0.1, 0.15) is 5.78 Å². The molecule has 0 unspecified atom stereocenters. The summed E-state index contributed by atoms with van der Waals surface area (Å²) in [7, 11) is 2.47. The Labute approximate surface area is 100 Å². The minimum Gasteiger partial charge on any atom is -0.468 e. The Morgan fingerprint density at radius 1 is 1.12 bits per heavy atom. The molecule has 0 aromatic heterocycles. The molecule has 17 heavy (non-hydrogen) atoms. The van der Waals surface area contributed by atoms with E-state index in [0.717, 1.165) is 6.42 Å². The lowest BCUT2D eigenvalue weighted by molar-refractivity contribution is -0.170. The molecule has 5 nitrogen and oxygen atoms in total. The number of ether oxygens (including phenoxy) is 2. The first-order valence-corrected chi connectivity index (χ1v) is 5.62. The van der Waals surface area contributed by atoms with Crippen molar-refractivity contribution in [1.29, 1.82) is 0 Å². The van der Waals surface area contributed by atoms with Crippen molar-refractivity contribution in [1.82, 2.24) is 0 Å². The number of carbonyl (C=O) groups excluding carboxylic acids is 3. The predicted octanol–water partition coefficient (Wildman–Crippen LogP) is 1.10. The fourth-order valence-electron chi connectivity index (χ4n) is 2.53. The van der Waals surface area contributed by atoms with E-state index in [1.165, 1.54) is 21.1 Å². The Kier molecular flexibility index (Phi) is 4.26. The van der Waals surface area contributed by atoms with Crippen LogP contribution in [-0.2, 0) is 23.9 Å². The molecule has 5 heteroatoms. The van der Waals surface area contributed by atoms with Crippen LogP contribution in [0.5, 0.6) is 0 Å². The molecule has 1 fully saturated rings. The van der Waals surface area contributed by atoms with Gasteiger partial charge in [-0.2, -0.15) is 0 Å².